The van der Waals surface area contributed by atoms with Gasteiger partial charge in [0.2, 0.25) is 0 Å². The molecule has 0 nitrogen and oxygen atoms in total. The number of hydrogen-bond acceptors (Lipinski definition) is 0. The molecular weight excluding hydrogens is 535 g/mol. The Hall–Kier alpha value is -1.46. The van der Waals surface area contributed by atoms with Gasteiger partial charge in [0.15, 0.2) is 0 Å². The van der Waals surface area contributed by atoms with Crippen LogP contribution in [-0.4, -0.2) is 19.8 Å². The molecule has 0 bridgehead atoms. The second kappa shape index (κ2) is 10.6. The van der Waals surface area contributed by atoms with Crippen LogP contribution >= 0.6 is 12.4 Å². The summed E-state index contributed by atoms with van der Waals surface area (Å²) in [5.41, 5.74) is 1.59. The molecule has 0 atom stereocenters. The number of benzene rings is 3. The van der Waals surface area contributed by atoms with Crippen LogP contribution in [0.15, 0.2) is 84.9 Å². The topological polar surface area (TPSA) is 0 Å². The second-order valence-corrected chi connectivity index (χ2v) is 16.5. The molecule has 0 aliphatic rings. The Balaban J connectivity index is 0.00000363. The van der Waals surface area contributed by atoms with E-state index in [9.17, 15) is 13.2 Å². The smallest absolute Gasteiger partial charge is 0.147 e. The summed E-state index contributed by atoms with van der Waals surface area (Å²) in [6.45, 7) is 8.70. The van der Waals surface area contributed by atoms with Crippen LogP contribution in [0.25, 0.3) is 0 Å². The van der Waals surface area contributed by atoms with Gasteiger partial charge < -0.3 is 0 Å². The SMILES string of the molecule is CC(C)([CH2][Sn]([CH2]C(C)(C)c1ccccc1)[c]1ccccc1C(F)(F)F)c1ccccc1.Cl. The molecule has 0 spiro atoms. The molecule has 0 N–H and O–H groups in total. The fourth-order valence-electron chi connectivity index (χ4n) is 4.34. The van der Waals surface area contributed by atoms with E-state index in [4.69, 9.17) is 0 Å². The molecule has 3 aromatic rings. The first-order valence-electron chi connectivity index (χ1n) is 10.6. The number of alkyl halides is 3. The predicted molar refractivity (Wildman–Crippen MR) is 133 cm³/mol. The van der Waals surface area contributed by atoms with Crippen molar-refractivity contribution in [3.8, 4) is 0 Å². The van der Waals surface area contributed by atoms with Crippen molar-refractivity contribution in [3.63, 3.8) is 0 Å². The molecule has 171 valence electrons. The summed E-state index contributed by atoms with van der Waals surface area (Å²) in [5, 5.41) is 0. The molecule has 32 heavy (non-hydrogen) atoms. The van der Waals surface area contributed by atoms with E-state index < -0.39 is 31.5 Å². The van der Waals surface area contributed by atoms with Crippen molar-refractivity contribution in [1.29, 1.82) is 0 Å². The molecule has 3 aromatic carbocycles. The van der Waals surface area contributed by atoms with Crippen LogP contribution in [0, 0.1) is 0 Å². The van der Waals surface area contributed by atoms with Crippen molar-refractivity contribution in [2.24, 2.45) is 0 Å². The van der Waals surface area contributed by atoms with Crippen LogP contribution in [-0.2, 0) is 17.0 Å². The normalized spacial score (nSPS) is 12.5. The molecule has 0 aliphatic heterocycles. The summed E-state index contributed by atoms with van der Waals surface area (Å²) >= 11 is -2.79. The van der Waals surface area contributed by atoms with Gasteiger partial charge in [-0.3, -0.25) is 0 Å². The first-order valence-corrected chi connectivity index (χ1v) is 16.1. The predicted octanol–water partition coefficient (Wildman–Crippen LogP) is 7.78. The summed E-state index contributed by atoms with van der Waals surface area (Å²) in [6.07, 6.45) is -4.32. The van der Waals surface area contributed by atoms with Crippen molar-refractivity contribution in [2.45, 2.75) is 53.6 Å². The molecule has 3 rings (SSSR count). The van der Waals surface area contributed by atoms with Crippen molar-refractivity contribution in [1.82, 2.24) is 0 Å². The largest absolute Gasteiger partial charge is 0.147 e. The second-order valence-electron chi connectivity index (χ2n) is 9.50. The third kappa shape index (κ3) is 6.54. The minimum Gasteiger partial charge on any atom is -0.147 e. The van der Waals surface area contributed by atoms with E-state index in [0.29, 0.717) is 3.58 Å². The van der Waals surface area contributed by atoms with Crippen molar-refractivity contribution >= 4 is 35.7 Å². The van der Waals surface area contributed by atoms with Gasteiger partial charge in [-0.25, -0.2) is 0 Å². The van der Waals surface area contributed by atoms with Gasteiger partial charge in [-0.15, -0.1) is 12.4 Å². The third-order valence-electron chi connectivity index (χ3n) is 6.03. The van der Waals surface area contributed by atoms with Crippen LogP contribution in [0.5, 0.6) is 0 Å². The van der Waals surface area contributed by atoms with Gasteiger partial charge in [-0.05, 0) is 0 Å². The summed E-state index contributed by atoms with van der Waals surface area (Å²) in [5.74, 6) is 0. The Morgan fingerprint density at radius 2 is 0.969 bits per heavy atom. The Morgan fingerprint density at radius 3 is 1.38 bits per heavy atom. The average Bonchev–Trinajstić information content (AvgIpc) is 2.74. The molecule has 0 heterocycles. The zero-order valence-corrected chi connectivity index (χ0v) is 22.7. The van der Waals surface area contributed by atoms with Crippen molar-refractivity contribution < 1.29 is 13.2 Å². The van der Waals surface area contributed by atoms with E-state index in [2.05, 4.69) is 52.0 Å². The van der Waals surface area contributed by atoms with Crippen LogP contribution in [0.1, 0.15) is 44.4 Å². The molecule has 0 saturated heterocycles. The molecule has 0 fully saturated rings. The maximum absolute atomic E-state index is 14.0. The molecule has 0 saturated carbocycles. The molecule has 1 radical (unpaired) electrons. The Labute approximate surface area is 203 Å². The van der Waals surface area contributed by atoms with E-state index in [0.717, 1.165) is 8.87 Å². The maximum atomic E-state index is 14.0. The van der Waals surface area contributed by atoms with Crippen LogP contribution in [0.4, 0.5) is 13.2 Å². The third-order valence-corrected chi connectivity index (χ3v) is 16.9. The Bertz CT molecular complexity index is 929. The summed E-state index contributed by atoms with van der Waals surface area (Å²) in [4.78, 5) is 0. The van der Waals surface area contributed by atoms with Gasteiger partial charge in [-0.2, -0.15) is 0 Å². The fourth-order valence-corrected chi connectivity index (χ4v) is 15.7. The summed E-state index contributed by atoms with van der Waals surface area (Å²) in [7, 11) is 0. The van der Waals surface area contributed by atoms with Gasteiger partial charge in [0.05, 0.1) is 0 Å². The first kappa shape index (κ1) is 26.8. The number of hydrogen-bond donors (Lipinski definition) is 0. The van der Waals surface area contributed by atoms with Gasteiger partial charge in [0.25, 0.3) is 0 Å². The average molecular weight is 567 g/mol. The number of rotatable bonds is 7. The van der Waals surface area contributed by atoms with E-state index in [1.54, 1.807) is 12.1 Å². The van der Waals surface area contributed by atoms with Gasteiger partial charge in [-0.1, -0.05) is 0 Å². The van der Waals surface area contributed by atoms with Crippen molar-refractivity contribution in [2.75, 3.05) is 0 Å². The number of halogens is 4. The quantitative estimate of drug-likeness (QED) is 0.256. The standard InChI is InChI=1S/2C10H13.C7H4F3.ClH.Sn/c2*1-10(2,3)9-7-5-4-6-8-9;8-7(9,10)6-4-2-1-3-5-6;;/h2*4-8H,1H2,2-3H3;1-4H;1H;. The van der Waals surface area contributed by atoms with E-state index in [-0.39, 0.29) is 23.2 Å². The molecule has 0 aliphatic carbocycles. The summed E-state index contributed by atoms with van der Waals surface area (Å²) in [6, 6.07) is 26.7. The molecule has 0 unspecified atom stereocenters. The zero-order valence-electron chi connectivity index (χ0n) is 19.0. The fraction of sp³-hybridized carbons (Fsp3) is 0.333. The van der Waals surface area contributed by atoms with Crippen LogP contribution < -0.4 is 3.58 Å². The minimum absolute atomic E-state index is 0. The van der Waals surface area contributed by atoms with Crippen molar-refractivity contribution in [3.05, 3.63) is 102 Å². The monoisotopic (exact) mass is 567 g/mol. The van der Waals surface area contributed by atoms with E-state index in [1.165, 1.54) is 23.3 Å². The Morgan fingerprint density at radius 1 is 0.594 bits per heavy atom. The summed E-state index contributed by atoms with van der Waals surface area (Å²) < 4.78 is 44.1. The molecule has 5 heteroatoms. The molecular formula is C27H31ClF3Sn. The Kier molecular flexibility index (Phi) is 8.91. The first-order chi connectivity index (χ1) is 14.5. The molecule has 0 aromatic heterocycles. The maximum Gasteiger partial charge on any atom is -0.147 e. The minimum atomic E-state index is -4.32. The van der Waals surface area contributed by atoms with Gasteiger partial charge in [0.1, 0.15) is 0 Å². The van der Waals surface area contributed by atoms with E-state index in [1.807, 2.05) is 36.4 Å². The van der Waals surface area contributed by atoms with E-state index >= 15 is 0 Å². The zero-order chi connectivity index (χ0) is 22.7. The van der Waals surface area contributed by atoms with Crippen LogP contribution in [0.3, 0.4) is 0 Å². The van der Waals surface area contributed by atoms with Crippen LogP contribution in [0.2, 0.25) is 8.87 Å². The molecule has 0 amide bonds. The van der Waals surface area contributed by atoms with Gasteiger partial charge in [0, 0.05) is 0 Å². The van der Waals surface area contributed by atoms with Gasteiger partial charge >= 0.3 is 192 Å².